The van der Waals surface area contributed by atoms with Crippen LogP contribution in [0.3, 0.4) is 0 Å². The molecule has 0 fully saturated rings. The van der Waals surface area contributed by atoms with E-state index >= 15 is 0 Å². The van der Waals surface area contributed by atoms with Crippen molar-refractivity contribution in [1.82, 2.24) is 4.31 Å². The maximum Gasteiger partial charge on any atom is 0.245 e. The van der Waals surface area contributed by atoms with Crippen LogP contribution in [0.2, 0.25) is 5.02 Å². The van der Waals surface area contributed by atoms with Crippen LogP contribution in [0.1, 0.15) is 6.92 Å². The van der Waals surface area contributed by atoms with E-state index in [4.69, 9.17) is 16.7 Å². The number of benzene rings is 1. The molecular formula is C10H13ClFNO3S. The van der Waals surface area contributed by atoms with Crippen molar-refractivity contribution < 1.29 is 17.9 Å². The summed E-state index contributed by atoms with van der Waals surface area (Å²) in [7, 11) is -2.67. The number of sulfonamides is 1. The Morgan fingerprint density at radius 2 is 2.12 bits per heavy atom. The van der Waals surface area contributed by atoms with Gasteiger partial charge >= 0.3 is 0 Å². The molecule has 7 heteroatoms. The molecule has 0 spiro atoms. The first-order valence-electron chi connectivity index (χ1n) is 4.84. The SMILES string of the molecule is CC(O)CN(C)S(=O)(=O)c1ccc(Cl)cc1F. The molecule has 0 aromatic heterocycles. The van der Waals surface area contributed by atoms with Gasteiger partial charge in [-0.3, -0.25) is 0 Å². The normalized spacial score (nSPS) is 14.0. The Hall–Kier alpha value is -0.690. The number of aliphatic hydroxyl groups is 1. The predicted octanol–water partition coefficient (Wildman–Crippen LogP) is 1.48. The number of rotatable bonds is 4. The third kappa shape index (κ3) is 3.38. The van der Waals surface area contributed by atoms with Gasteiger partial charge in [-0.2, -0.15) is 4.31 Å². The first-order chi connectivity index (χ1) is 7.75. The van der Waals surface area contributed by atoms with Crippen LogP contribution in [0.25, 0.3) is 0 Å². The van der Waals surface area contributed by atoms with E-state index in [1.165, 1.54) is 20.0 Å². The van der Waals surface area contributed by atoms with E-state index in [0.29, 0.717) is 0 Å². The molecule has 1 aromatic rings. The largest absolute Gasteiger partial charge is 0.392 e. The number of hydrogen-bond acceptors (Lipinski definition) is 3. The smallest absolute Gasteiger partial charge is 0.245 e. The van der Waals surface area contributed by atoms with Crippen molar-refractivity contribution in [3.05, 3.63) is 29.0 Å². The molecule has 0 bridgehead atoms. The maximum absolute atomic E-state index is 13.5. The van der Waals surface area contributed by atoms with Crippen molar-refractivity contribution in [3.8, 4) is 0 Å². The second-order valence-corrected chi connectivity index (χ2v) is 6.16. The van der Waals surface area contributed by atoms with Crippen molar-refractivity contribution >= 4 is 21.6 Å². The molecule has 0 radical (unpaired) electrons. The molecule has 17 heavy (non-hydrogen) atoms. The van der Waals surface area contributed by atoms with Gasteiger partial charge in [0.2, 0.25) is 10.0 Å². The summed E-state index contributed by atoms with van der Waals surface area (Å²) in [6, 6.07) is 3.34. The first kappa shape index (κ1) is 14.4. The molecular weight excluding hydrogens is 269 g/mol. The molecule has 96 valence electrons. The Morgan fingerprint density at radius 1 is 1.53 bits per heavy atom. The Labute approximate surface area is 105 Å². The molecule has 1 rings (SSSR count). The molecule has 1 atom stereocenters. The van der Waals surface area contributed by atoms with Crippen molar-refractivity contribution in [2.75, 3.05) is 13.6 Å². The lowest BCUT2D eigenvalue weighted by Crippen LogP contribution is -2.33. The third-order valence-corrected chi connectivity index (χ3v) is 4.20. The zero-order chi connectivity index (χ0) is 13.2. The van der Waals surface area contributed by atoms with Crippen molar-refractivity contribution in [2.45, 2.75) is 17.9 Å². The van der Waals surface area contributed by atoms with Crippen LogP contribution in [0.4, 0.5) is 4.39 Å². The highest BCUT2D eigenvalue weighted by Gasteiger charge is 2.25. The molecule has 0 heterocycles. The fourth-order valence-corrected chi connectivity index (χ4v) is 2.77. The number of hydrogen-bond donors (Lipinski definition) is 1. The number of aliphatic hydroxyl groups excluding tert-OH is 1. The van der Waals surface area contributed by atoms with Gasteiger partial charge < -0.3 is 5.11 Å². The molecule has 0 amide bonds. The quantitative estimate of drug-likeness (QED) is 0.909. The monoisotopic (exact) mass is 281 g/mol. The van der Waals surface area contributed by atoms with Crippen LogP contribution >= 0.6 is 11.6 Å². The van der Waals surface area contributed by atoms with E-state index in [1.54, 1.807) is 0 Å². The summed E-state index contributed by atoms with van der Waals surface area (Å²) in [4.78, 5) is -0.454. The molecule has 1 unspecified atom stereocenters. The van der Waals surface area contributed by atoms with Crippen molar-refractivity contribution in [3.63, 3.8) is 0 Å². The molecule has 0 aliphatic heterocycles. The molecule has 0 saturated heterocycles. The van der Waals surface area contributed by atoms with Gasteiger partial charge in [-0.1, -0.05) is 11.6 Å². The van der Waals surface area contributed by atoms with Crippen LogP contribution in [-0.4, -0.2) is 37.5 Å². The molecule has 0 aliphatic carbocycles. The lowest BCUT2D eigenvalue weighted by atomic mass is 10.3. The molecule has 0 aliphatic rings. The Balaban J connectivity index is 3.13. The van der Waals surface area contributed by atoms with Gasteiger partial charge in [-0.15, -0.1) is 0 Å². The van der Waals surface area contributed by atoms with Gasteiger partial charge in [0.05, 0.1) is 6.10 Å². The van der Waals surface area contributed by atoms with Gasteiger partial charge in [0.25, 0.3) is 0 Å². The Morgan fingerprint density at radius 3 is 2.59 bits per heavy atom. The highest BCUT2D eigenvalue weighted by atomic mass is 35.5. The molecule has 1 aromatic carbocycles. The van der Waals surface area contributed by atoms with Crippen LogP contribution in [-0.2, 0) is 10.0 Å². The van der Waals surface area contributed by atoms with E-state index in [-0.39, 0.29) is 11.6 Å². The average molecular weight is 282 g/mol. The van der Waals surface area contributed by atoms with Crippen LogP contribution in [0.5, 0.6) is 0 Å². The summed E-state index contributed by atoms with van der Waals surface area (Å²) in [5, 5.41) is 9.25. The Kier molecular flexibility index (Phi) is 4.48. The second kappa shape index (κ2) is 5.30. The average Bonchev–Trinajstić information content (AvgIpc) is 2.15. The van der Waals surface area contributed by atoms with E-state index in [2.05, 4.69) is 0 Å². The summed E-state index contributed by atoms with van der Waals surface area (Å²) >= 11 is 5.54. The summed E-state index contributed by atoms with van der Waals surface area (Å²) in [5.74, 6) is -0.907. The number of nitrogens with zero attached hydrogens (tertiary/aromatic N) is 1. The summed E-state index contributed by atoms with van der Waals surface area (Å²) in [6.45, 7) is 1.34. The van der Waals surface area contributed by atoms with Crippen LogP contribution in [0, 0.1) is 5.82 Å². The van der Waals surface area contributed by atoms with E-state index in [0.717, 1.165) is 16.4 Å². The zero-order valence-electron chi connectivity index (χ0n) is 9.39. The van der Waals surface area contributed by atoms with Gasteiger partial charge in [-0.05, 0) is 25.1 Å². The predicted molar refractivity (Wildman–Crippen MR) is 62.9 cm³/mol. The second-order valence-electron chi connectivity index (χ2n) is 3.71. The van der Waals surface area contributed by atoms with E-state index in [9.17, 15) is 12.8 Å². The van der Waals surface area contributed by atoms with Gasteiger partial charge in [0, 0.05) is 18.6 Å². The zero-order valence-corrected chi connectivity index (χ0v) is 11.0. The van der Waals surface area contributed by atoms with Gasteiger partial charge in [0.1, 0.15) is 10.7 Å². The summed E-state index contributed by atoms with van der Waals surface area (Å²) in [5.41, 5.74) is 0. The minimum absolute atomic E-state index is 0.107. The maximum atomic E-state index is 13.5. The van der Waals surface area contributed by atoms with Crippen LogP contribution < -0.4 is 0 Å². The van der Waals surface area contributed by atoms with Gasteiger partial charge in [-0.25, -0.2) is 12.8 Å². The lowest BCUT2D eigenvalue weighted by Gasteiger charge is -2.18. The fraction of sp³-hybridized carbons (Fsp3) is 0.400. The third-order valence-electron chi connectivity index (χ3n) is 2.10. The summed E-state index contributed by atoms with van der Waals surface area (Å²) in [6.07, 6.45) is -0.829. The molecule has 1 N–H and O–H groups in total. The molecule has 0 saturated carbocycles. The number of likely N-dealkylation sites (N-methyl/N-ethyl adjacent to an activating group) is 1. The number of halogens is 2. The highest BCUT2D eigenvalue weighted by Crippen LogP contribution is 2.21. The first-order valence-corrected chi connectivity index (χ1v) is 6.66. The Bertz CT molecular complexity index is 504. The van der Waals surface area contributed by atoms with Crippen molar-refractivity contribution in [2.24, 2.45) is 0 Å². The molecule has 4 nitrogen and oxygen atoms in total. The van der Waals surface area contributed by atoms with Crippen LogP contribution in [0.15, 0.2) is 23.1 Å². The van der Waals surface area contributed by atoms with E-state index in [1.807, 2.05) is 0 Å². The lowest BCUT2D eigenvalue weighted by molar-refractivity contribution is 0.171. The van der Waals surface area contributed by atoms with Crippen molar-refractivity contribution in [1.29, 1.82) is 0 Å². The minimum atomic E-state index is -3.94. The standard InChI is InChI=1S/C10H13ClFNO3S/c1-7(14)6-13(2)17(15,16)10-4-3-8(11)5-9(10)12/h3-5,7,14H,6H2,1-2H3. The summed E-state index contributed by atoms with van der Waals surface area (Å²) < 4.78 is 38.2. The van der Waals surface area contributed by atoms with E-state index < -0.39 is 26.8 Å². The topological polar surface area (TPSA) is 57.6 Å². The minimum Gasteiger partial charge on any atom is -0.392 e. The fourth-order valence-electron chi connectivity index (χ4n) is 1.32. The van der Waals surface area contributed by atoms with Gasteiger partial charge in [0.15, 0.2) is 0 Å². The highest BCUT2D eigenvalue weighted by molar-refractivity contribution is 7.89.